The first-order valence-electron chi connectivity index (χ1n) is 13.0. The molecular formula is C29H31FN6O2. The van der Waals surface area contributed by atoms with E-state index in [0.29, 0.717) is 38.6 Å². The molecule has 3 fully saturated rings. The number of aromatic nitrogens is 3. The first-order chi connectivity index (χ1) is 18.1. The van der Waals surface area contributed by atoms with Crippen LogP contribution in [-0.2, 0) is 24.8 Å². The van der Waals surface area contributed by atoms with E-state index in [0.717, 1.165) is 29.8 Å². The number of nitrogens with two attached hydrogens (primary N) is 1. The summed E-state index contributed by atoms with van der Waals surface area (Å²) in [5.41, 5.74) is 9.66. The van der Waals surface area contributed by atoms with Gasteiger partial charge in [-0.2, -0.15) is 5.10 Å². The van der Waals surface area contributed by atoms with Gasteiger partial charge in [0.1, 0.15) is 11.6 Å². The van der Waals surface area contributed by atoms with Crippen molar-refractivity contribution in [3.63, 3.8) is 0 Å². The Morgan fingerprint density at radius 3 is 2.58 bits per heavy atom. The lowest BCUT2D eigenvalue weighted by Crippen LogP contribution is -2.51. The van der Waals surface area contributed by atoms with Crippen molar-refractivity contribution in [2.45, 2.75) is 45.6 Å². The lowest BCUT2D eigenvalue weighted by atomic mass is 9.43. The fourth-order valence-corrected chi connectivity index (χ4v) is 6.13. The molecule has 0 unspecified atom stereocenters. The van der Waals surface area contributed by atoms with Gasteiger partial charge in [0.15, 0.2) is 0 Å². The second kappa shape index (κ2) is 8.79. The number of anilines is 1. The predicted molar refractivity (Wildman–Crippen MR) is 143 cm³/mol. The highest BCUT2D eigenvalue weighted by molar-refractivity contribution is 6.10. The Balaban J connectivity index is 1.29. The van der Waals surface area contributed by atoms with Crippen LogP contribution < -0.4 is 5.73 Å². The summed E-state index contributed by atoms with van der Waals surface area (Å²) in [6, 6.07) is 10.3. The topological polar surface area (TPSA) is 97.3 Å². The fourth-order valence-electron chi connectivity index (χ4n) is 6.13. The van der Waals surface area contributed by atoms with Gasteiger partial charge in [-0.1, -0.05) is 12.1 Å². The van der Waals surface area contributed by atoms with Crippen LogP contribution in [0, 0.1) is 17.2 Å². The molecule has 0 atom stereocenters. The van der Waals surface area contributed by atoms with Crippen LogP contribution in [0.3, 0.4) is 0 Å². The number of fused-ring (bicyclic) bond motifs is 3. The Kier molecular flexibility index (Phi) is 5.63. The summed E-state index contributed by atoms with van der Waals surface area (Å²) in [6.07, 6.45) is 7.58. The van der Waals surface area contributed by atoms with E-state index in [1.54, 1.807) is 48.3 Å². The molecule has 0 saturated heterocycles. The van der Waals surface area contributed by atoms with Crippen LogP contribution in [0.15, 0.2) is 42.6 Å². The largest absolute Gasteiger partial charge is 0.383 e. The number of carbonyl (C=O) groups is 2. The fraction of sp³-hybridized carbons (Fsp3) is 0.379. The molecule has 2 N–H and O–H groups in total. The van der Waals surface area contributed by atoms with E-state index in [9.17, 15) is 9.59 Å². The molecule has 8 nitrogen and oxygen atoms in total. The number of hydrazine groups is 1. The summed E-state index contributed by atoms with van der Waals surface area (Å²) in [4.78, 5) is 30.5. The quantitative estimate of drug-likeness (QED) is 0.379. The van der Waals surface area contributed by atoms with Gasteiger partial charge in [0.2, 0.25) is 5.91 Å². The van der Waals surface area contributed by atoms with Crippen molar-refractivity contribution in [2.75, 3.05) is 12.8 Å². The van der Waals surface area contributed by atoms with Crippen molar-refractivity contribution in [2.24, 2.45) is 18.4 Å². The molecule has 3 saturated carbocycles. The molecular weight excluding hydrogens is 483 g/mol. The highest BCUT2D eigenvalue weighted by Crippen LogP contribution is 2.66. The summed E-state index contributed by atoms with van der Waals surface area (Å²) in [6.45, 7) is 1.29. The lowest BCUT2D eigenvalue weighted by Gasteiger charge is -2.62. The third-order valence-electron chi connectivity index (χ3n) is 8.55. The van der Waals surface area contributed by atoms with E-state index in [1.165, 1.54) is 43.3 Å². The number of aryl methyl sites for hydroxylation is 2. The second-order valence-corrected chi connectivity index (χ2v) is 11.1. The molecule has 0 spiro atoms. The van der Waals surface area contributed by atoms with Crippen LogP contribution in [0.1, 0.15) is 54.1 Å². The Morgan fingerprint density at radius 1 is 1.16 bits per heavy atom. The lowest BCUT2D eigenvalue weighted by molar-refractivity contribution is -0.140. The number of hydrogen-bond donors (Lipinski definition) is 1. The van der Waals surface area contributed by atoms with Crippen molar-refractivity contribution in [1.82, 2.24) is 24.8 Å². The summed E-state index contributed by atoms with van der Waals surface area (Å²) in [5.74, 6) is 0.162. The first kappa shape index (κ1) is 24.3. The van der Waals surface area contributed by atoms with E-state index in [2.05, 4.69) is 10.1 Å². The van der Waals surface area contributed by atoms with Crippen LogP contribution in [0.2, 0.25) is 0 Å². The van der Waals surface area contributed by atoms with E-state index < -0.39 is 5.91 Å². The zero-order valence-corrected chi connectivity index (χ0v) is 21.9. The van der Waals surface area contributed by atoms with E-state index in [4.69, 9.17) is 5.73 Å². The van der Waals surface area contributed by atoms with Gasteiger partial charge < -0.3 is 5.73 Å². The maximum Gasteiger partial charge on any atom is 0.272 e. The molecule has 2 aromatic carbocycles. The van der Waals surface area contributed by atoms with Crippen LogP contribution >= 0.6 is 0 Å². The van der Waals surface area contributed by atoms with Gasteiger partial charge in [0.05, 0.1) is 29.2 Å². The van der Waals surface area contributed by atoms with Crippen molar-refractivity contribution in [3.8, 4) is 0 Å². The van der Waals surface area contributed by atoms with Gasteiger partial charge in [0, 0.05) is 37.5 Å². The average molecular weight is 515 g/mol. The molecule has 3 aliphatic rings. The van der Waals surface area contributed by atoms with E-state index in [1.807, 2.05) is 6.07 Å². The summed E-state index contributed by atoms with van der Waals surface area (Å²) in [5, 5.41) is 8.19. The molecule has 9 heteroatoms. The zero-order chi connectivity index (χ0) is 26.8. The number of benzene rings is 2. The number of nitrogen functional groups attached to an aromatic ring is 1. The van der Waals surface area contributed by atoms with Gasteiger partial charge in [-0.3, -0.25) is 19.3 Å². The Hall–Kier alpha value is -4.01. The maximum atomic E-state index is 15.2. The molecule has 4 aromatic rings. The third-order valence-corrected chi connectivity index (χ3v) is 8.55. The van der Waals surface area contributed by atoms with E-state index >= 15 is 4.39 Å². The SMILES string of the molecule is CC(=O)N(C)N(Cc1ccc(CCC23CC(C2)C3)cc1F)C(=O)c1ccc2nc(N)c3cnn(C)c3c2c1. The normalized spacial score (nSPS) is 19.7. The third kappa shape index (κ3) is 3.97. The monoisotopic (exact) mass is 514 g/mol. The summed E-state index contributed by atoms with van der Waals surface area (Å²) < 4.78 is 16.9. The Bertz CT molecular complexity index is 1590. The van der Waals surface area contributed by atoms with Crippen molar-refractivity contribution < 1.29 is 14.0 Å². The molecule has 196 valence electrons. The van der Waals surface area contributed by atoms with Crippen molar-refractivity contribution in [1.29, 1.82) is 0 Å². The minimum atomic E-state index is -0.427. The number of carbonyl (C=O) groups excluding carboxylic acids is 2. The molecule has 2 amide bonds. The van der Waals surface area contributed by atoms with Crippen molar-refractivity contribution in [3.05, 3.63) is 65.1 Å². The van der Waals surface area contributed by atoms with Crippen LogP contribution in [0.5, 0.6) is 0 Å². The van der Waals surface area contributed by atoms with Gasteiger partial charge in [0.25, 0.3) is 5.91 Å². The number of hydrogen-bond acceptors (Lipinski definition) is 5. The van der Waals surface area contributed by atoms with Gasteiger partial charge in [-0.25, -0.2) is 14.4 Å². The van der Waals surface area contributed by atoms with Gasteiger partial charge >= 0.3 is 0 Å². The number of nitrogens with zero attached hydrogens (tertiary/aromatic N) is 5. The maximum absolute atomic E-state index is 15.2. The number of halogens is 1. The average Bonchev–Trinajstić information content (AvgIpc) is 3.23. The van der Waals surface area contributed by atoms with Gasteiger partial charge in [-0.05, 0) is 73.3 Å². The molecule has 7 rings (SSSR count). The van der Waals surface area contributed by atoms with E-state index in [-0.39, 0.29) is 18.3 Å². The van der Waals surface area contributed by atoms with Gasteiger partial charge in [-0.15, -0.1) is 0 Å². The minimum absolute atomic E-state index is 0.0776. The molecule has 2 aromatic heterocycles. The highest BCUT2D eigenvalue weighted by Gasteiger charge is 2.55. The summed E-state index contributed by atoms with van der Waals surface area (Å²) in [7, 11) is 3.31. The Morgan fingerprint density at radius 2 is 1.92 bits per heavy atom. The van der Waals surface area contributed by atoms with Crippen LogP contribution in [-0.4, -0.2) is 43.6 Å². The summed E-state index contributed by atoms with van der Waals surface area (Å²) >= 11 is 0. The van der Waals surface area contributed by atoms with Crippen LogP contribution in [0.4, 0.5) is 10.2 Å². The minimum Gasteiger partial charge on any atom is -0.383 e. The highest BCUT2D eigenvalue weighted by atomic mass is 19.1. The molecule has 0 radical (unpaired) electrons. The standard InChI is InChI=1S/C29H31FN6O2/c1-17(37)35(3)36(16-21-5-4-18(10-24(21)30)8-9-29-12-19(13-29)14-29)28(38)20-6-7-25-22(11-20)26-23(27(31)33-25)15-32-34(26)2/h4-7,10-11,15,19H,8-9,12-14,16H2,1-3H3,(H2,31,33). The smallest absolute Gasteiger partial charge is 0.272 e. The van der Waals surface area contributed by atoms with Crippen LogP contribution in [0.25, 0.3) is 21.8 Å². The molecule has 0 aliphatic heterocycles. The Labute approximate surface area is 220 Å². The second-order valence-electron chi connectivity index (χ2n) is 11.1. The zero-order valence-electron chi connectivity index (χ0n) is 21.9. The molecule has 38 heavy (non-hydrogen) atoms. The van der Waals surface area contributed by atoms with Crippen molar-refractivity contribution >= 4 is 39.4 Å². The first-order valence-corrected chi connectivity index (χ1v) is 13.0. The molecule has 3 aliphatic carbocycles. The molecule has 2 heterocycles. The number of pyridine rings is 1. The molecule has 2 bridgehead atoms. The predicted octanol–water partition coefficient (Wildman–Crippen LogP) is 4.61. The number of rotatable bonds is 6. The number of amides is 2.